The predicted octanol–water partition coefficient (Wildman–Crippen LogP) is 7.48. The first-order valence-electron chi connectivity index (χ1n) is 17.2. The Morgan fingerprint density at radius 1 is 0.396 bits per heavy atom. The molecule has 0 amide bonds. The summed E-state index contributed by atoms with van der Waals surface area (Å²) in [7, 11) is 0. The molecule has 0 radical (unpaired) electrons. The van der Waals surface area contributed by atoms with E-state index in [0.717, 1.165) is 66.8 Å². The van der Waals surface area contributed by atoms with Gasteiger partial charge in [-0.05, 0) is 66.8 Å². The normalized spacial score (nSPS) is 13.0. The maximum atomic E-state index is 7.47. The molecular weight excluding hydrogens is 657 g/mol. The summed E-state index contributed by atoms with van der Waals surface area (Å²) in [4.78, 5) is 0. The molecule has 0 aliphatic heterocycles. The van der Waals surface area contributed by atoms with E-state index in [1.807, 2.05) is 48.5 Å². The Kier molecular flexibility index (Phi) is 12.1. The number of nitrogens with two attached hydrogens (primary N) is 4. The quantitative estimate of drug-likeness (QED) is 0.0526. The fraction of sp³-hybridized carbons (Fsp3) is 0.0909. The van der Waals surface area contributed by atoms with Crippen LogP contribution in [0.5, 0.6) is 0 Å². The second-order valence-electron chi connectivity index (χ2n) is 12.5. The van der Waals surface area contributed by atoms with Crippen molar-refractivity contribution >= 4 is 24.9 Å². The van der Waals surface area contributed by atoms with Crippen molar-refractivity contribution in [1.82, 2.24) is 0 Å². The van der Waals surface area contributed by atoms with Crippen molar-refractivity contribution in [2.24, 2.45) is 43.8 Å². The summed E-state index contributed by atoms with van der Waals surface area (Å²) < 4.78 is 7.47. The van der Waals surface area contributed by atoms with Crippen LogP contribution in [0.4, 0.5) is 0 Å². The largest absolute Gasteiger partial charge is 0.365 e. The second kappa shape index (κ2) is 17.9. The summed E-state index contributed by atoms with van der Waals surface area (Å²) in [5, 5.41) is 14.8. The molecule has 53 heavy (non-hydrogen) atoms. The number of hydrogen-bond donors (Lipinski definition) is 4. The van der Waals surface area contributed by atoms with E-state index in [2.05, 4.69) is 117 Å². The summed E-state index contributed by atoms with van der Waals surface area (Å²) in [5.74, 6) is 21.7. The smallest absolute Gasteiger partial charge is 0.0879 e. The molecule has 9 nitrogen and oxygen atoms in total. The predicted molar refractivity (Wildman–Crippen MR) is 218 cm³/mol. The van der Waals surface area contributed by atoms with E-state index in [4.69, 9.17) is 28.1 Å². The van der Waals surface area contributed by atoms with Crippen LogP contribution in [0.2, 0.25) is 0 Å². The number of nitrogens with zero attached hydrogens (tertiary/aromatic N) is 4. The standard InChI is InChI=1S/C44H42N8O/c45-49-27-33-13-9-31(10-14-33)25-43(41-7-3-1-5-39(41)37-21-17-35(18-22-37)29-51-47)53-44(26-32-11-15-34(16-12-32)28-50-46)42-8-4-2-6-40(42)38-23-19-36(20-24-38)30-52-48/h1-24,27-30,43-44H,25-26,45-48H2. The fourth-order valence-corrected chi connectivity index (χ4v) is 6.49. The number of hydrogen-bond acceptors (Lipinski definition) is 9. The topological polar surface area (TPSA) is 163 Å². The van der Waals surface area contributed by atoms with Gasteiger partial charge in [0.2, 0.25) is 0 Å². The van der Waals surface area contributed by atoms with Crippen molar-refractivity contribution in [2.45, 2.75) is 25.0 Å². The molecule has 0 saturated heterocycles. The molecule has 6 rings (SSSR count). The van der Waals surface area contributed by atoms with Gasteiger partial charge in [0.15, 0.2) is 0 Å². The van der Waals surface area contributed by atoms with Crippen LogP contribution in [0, 0.1) is 0 Å². The Bertz CT molecular complexity index is 2030. The van der Waals surface area contributed by atoms with Crippen LogP contribution in [0.1, 0.15) is 56.7 Å². The molecule has 8 N–H and O–H groups in total. The Labute approximate surface area is 310 Å². The highest BCUT2D eigenvalue weighted by molar-refractivity contribution is 5.82. The minimum Gasteiger partial charge on any atom is -0.365 e. The number of ether oxygens (including phenoxy) is 1. The number of hydrazone groups is 4. The van der Waals surface area contributed by atoms with Crippen LogP contribution < -0.4 is 23.4 Å². The summed E-state index contributed by atoms with van der Waals surface area (Å²) in [6.07, 6.45) is 7.11. The van der Waals surface area contributed by atoms with E-state index < -0.39 is 0 Å². The number of rotatable bonds is 14. The summed E-state index contributed by atoms with van der Waals surface area (Å²) in [5.41, 5.74) is 12.4. The lowest BCUT2D eigenvalue weighted by Crippen LogP contribution is -2.17. The minimum atomic E-state index is -0.338. The maximum absolute atomic E-state index is 7.47. The van der Waals surface area contributed by atoms with E-state index >= 15 is 0 Å². The van der Waals surface area contributed by atoms with Crippen LogP contribution in [-0.4, -0.2) is 24.9 Å². The Morgan fingerprint density at radius 3 is 1.02 bits per heavy atom. The van der Waals surface area contributed by atoms with Gasteiger partial charge in [-0.3, -0.25) is 0 Å². The van der Waals surface area contributed by atoms with Gasteiger partial charge in [-0.1, -0.05) is 146 Å². The van der Waals surface area contributed by atoms with Crippen LogP contribution in [0.15, 0.2) is 166 Å². The van der Waals surface area contributed by atoms with Crippen LogP contribution in [-0.2, 0) is 17.6 Å². The van der Waals surface area contributed by atoms with Crippen molar-refractivity contribution in [3.05, 3.63) is 190 Å². The lowest BCUT2D eigenvalue weighted by Gasteiger charge is -2.29. The van der Waals surface area contributed by atoms with Crippen LogP contribution in [0.25, 0.3) is 22.3 Å². The van der Waals surface area contributed by atoms with Crippen molar-refractivity contribution in [3.63, 3.8) is 0 Å². The first-order valence-corrected chi connectivity index (χ1v) is 17.2. The molecule has 6 aromatic rings. The van der Waals surface area contributed by atoms with E-state index in [9.17, 15) is 0 Å². The zero-order valence-corrected chi connectivity index (χ0v) is 29.2. The third kappa shape index (κ3) is 9.29. The Hall–Kier alpha value is -6.84. The molecule has 0 fully saturated rings. The molecule has 0 spiro atoms. The molecule has 264 valence electrons. The third-order valence-corrected chi connectivity index (χ3v) is 9.08. The van der Waals surface area contributed by atoms with Gasteiger partial charge in [0.05, 0.1) is 37.1 Å². The molecule has 0 bridgehead atoms. The zero-order chi connectivity index (χ0) is 36.8. The molecule has 2 atom stereocenters. The molecule has 0 saturated carbocycles. The van der Waals surface area contributed by atoms with Crippen molar-refractivity contribution < 1.29 is 4.74 Å². The van der Waals surface area contributed by atoms with E-state index in [1.165, 1.54) is 0 Å². The minimum absolute atomic E-state index is 0.338. The van der Waals surface area contributed by atoms with Crippen molar-refractivity contribution in [1.29, 1.82) is 0 Å². The average molecular weight is 699 g/mol. The second-order valence-corrected chi connectivity index (χ2v) is 12.5. The monoisotopic (exact) mass is 698 g/mol. The van der Waals surface area contributed by atoms with Gasteiger partial charge >= 0.3 is 0 Å². The van der Waals surface area contributed by atoms with Gasteiger partial charge in [-0.15, -0.1) is 0 Å². The molecule has 0 aliphatic rings. The van der Waals surface area contributed by atoms with Gasteiger partial charge in [-0.25, -0.2) is 0 Å². The van der Waals surface area contributed by atoms with E-state index in [-0.39, 0.29) is 12.2 Å². The SMILES string of the molecule is NN=Cc1ccc(CC(OC(Cc2ccc(C=NN)cc2)c2ccccc2-c2ccc(C=NN)cc2)c2ccccc2-c2ccc(C=NN)cc2)cc1. The van der Waals surface area contributed by atoms with E-state index in [1.54, 1.807) is 24.9 Å². The van der Waals surface area contributed by atoms with Gasteiger partial charge in [0.1, 0.15) is 0 Å². The van der Waals surface area contributed by atoms with Gasteiger partial charge in [0.25, 0.3) is 0 Å². The average Bonchev–Trinajstić information content (AvgIpc) is 3.20. The lowest BCUT2D eigenvalue weighted by molar-refractivity contribution is -0.0143. The molecule has 9 heteroatoms. The Balaban J connectivity index is 1.47. The van der Waals surface area contributed by atoms with Crippen LogP contribution in [0.3, 0.4) is 0 Å². The molecule has 6 aromatic carbocycles. The fourth-order valence-electron chi connectivity index (χ4n) is 6.49. The highest BCUT2D eigenvalue weighted by Crippen LogP contribution is 2.40. The summed E-state index contributed by atoms with van der Waals surface area (Å²) >= 11 is 0. The number of benzene rings is 6. The third-order valence-electron chi connectivity index (χ3n) is 9.08. The highest BCUT2D eigenvalue weighted by atomic mass is 16.5. The Morgan fingerprint density at radius 2 is 0.698 bits per heavy atom. The zero-order valence-electron chi connectivity index (χ0n) is 29.2. The van der Waals surface area contributed by atoms with Gasteiger partial charge in [-0.2, -0.15) is 20.4 Å². The molecule has 0 heterocycles. The molecule has 2 unspecified atom stereocenters. The molecule has 0 aliphatic carbocycles. The first-order chi connectivity index (χ1) is 26.1. The van der Waals surface area contributed by atoms with Crippen molar-refractivity contribution in [2.75, 3.05) is 0 Å². The maximum Gasteiger partial charge on any atom is 0.0879 e. The molecular formula is C44H42N8O. The van der Waals surface area contributed by atoms with Crippen LogP contribution >= 0.6 is 0 Å². The van der Waals surface area contributed by atoms with Gasteiger partial charge < -0.3 is 28.1 Å². The highest BCUT2D eigenvalue weighted by Gasteiger charge is 2.26. The first kappa shape index (κ1) is 36.0. The summed E-state index contributed by atoms with van der Waals surface area (Å²) in [6, 6.07) is 49.7. The summed E-state index contributed by atoms with van der Waals surface area (Å²) in [6.45, 7) is 0. The van der Waals surface area contributed by atoms with E-state index in [0.29, 0.717) is 12.8 Å². The lowest BCUT2D eigenvalue weighted by atomic mass is 9.90. The molecule has 0 aromatic heterocycles. The van der Waals surface area contributed by atoms with Crippen molar-refractivity contribution in [3.8, 4) is 22.3 Å². The van der Waals surface area contributed by atoms with Gasteiger partial charge in [0, 0.05) is 12.8 Å².